The quantitative estimate of drug-likeness (QED) is 0.931. The summed E-state index contributed by atoms with van der Waals surface area (Å²) in [7, 11) is 0. The highest BCUT2D eigenvalue weighted by Gasteiger charge is 2.19. The minimum Gasteiger partial charge on any atom is -0.469 e. The summed E-state index contributed by atoms with van der Waals surface area (Å²) >= 11 is 1.73. The number of carbonyl (C=O) groups excluding carboxylic acids is 1. The van der Waals surface area contributed by atoms with E-state index in [0.29, 0.717) is 6.54 Å². The first-order chi connectivity index (χ1) is 9.34. The van der Waals surface area contributed by atoms with Crippen LogP contribution in [-0.2, 0) is 19.3 Å². The number of nitrogens with one attached hydrogen (secondary N) is 1. The topological polar surface area (TPSA) is 42.2 Å². The van der Waals surface area contributed by atoms with Crippen molar-refractivity contribution >= 4 is 17.2 Å². The molecule has 3 rings (SSSR count). The van der Waals surface area contributed by atoms with Crippen LogP contribution in [-0.4, -0.2) is 12.5 Å². The van der Waals surface area contributed by atoms with Crippen LogP contribution < -0.4 is 5.32 Å². The molecule has 1 amide bonds. The number of hydrogen-bond donors (Lipinski definition) is 1. The van der Waals surface area contributed by atoms with Gasteiger partial charge in [-0.05, 0) is 43.4 Å². The second kappa shape index (κ2) is 5.61. The van der Waals surface area contributed by atoms with Gasteiger partial charge in [-0.1, -0.05) is 0 Å². The fraction of sp³-hybridized carbons (Fsp3) is 0.400. The van der Waals surface area contributed by atoms with Crippen LogP contribution in [0.2, 0.25) is 0 Å². The summed E-state index contributed by atoms with van der Waals surface area (Å²) in [6.45, 7) is 0.622. The largest absolute Gasteiger partial charge is 0.469 e. The van der Waals surface area contributed by atoms with Gasteiger partial charge in [-0.15, -0.1) is 11.3 Å². The number of furan rings is 1. The minimum absolute atomic E-state index is 0.0611. The molecule has 0 fully saturated rings. The summed E-state index contributed by atoms with van der Waals surface area (Å²) in [4.78, 5) is 13.6. The van der Waals surface area contributed by atoms with Gasteiger partial charge in [0.05, 0.1) is 11.8 Å². The second-order valence-electron chi connectivity index (χ2n) is 4.84. The van der Waals surface area contributed by atoms with Gasteiger partial charge in [0.1, 0.15) is 5.76 Å². The first-order valence-electron chi connectivity index (χ1n) is 6.74. The Morgan fingerprint density at radius 2 is 2.26 bits per heavy atom. The molecule has 0 radical (unpaired) electrons. The summed E-state index contributed by atoms with van der Waals surface area (Å²) in [5.74, 6) is 0.971. The van der Waals surface area contributed by atoms with Crippen LogP contribution in [0.15, 0.2) is 28.2 Å². The Balaban J connectivity index is 1.59. The second-order valence-corrected chi connectivity index (χ2v) is 5.81. The van der Waals surface area contributed by atoms with Crippen molar-refractivity contribution in [3.8, 4) is 0 Å². The molecule has 1 aliphatic carbocycles. The third-order valence-corrected chi connectivity index (χ3v) is 4.63. The molecule has 2 heterocycles. The Labute approximate surface area is 116 Å². The molecule has 0 aliphatic heterocycles. The van der Waals surface area contributed by atoms with Crippen molar-refractivity contribution in [2.45, 2.75) is 32.1 Å². The maximum Gasteiger partial charge on any atom is 0.252 e. The number of amides is 1. The number of carbonyl (C=O) groups is 1. The van der Waals surface area contributed by atoms with Gasteiger partial charge in [0.15, 0.2) is 0 Å². The predicted octanol–water partition coefficient (Wildman–Crippen LogP) is 3.19. The molecule has 19 heavy (non-hydrogen) atoms. The molecule has 2 aromatic rings. The SMILES string of the molecule is O=C(NCCc1ccco1)c1csc2c1CCCC2. The van der Waals surface area contributed by atoms with Crippen LogP contribution in [0.4, 0.5) is 0 Å². The standard InChI is InChI=1S/C15H17NO2S/c17-15(16-8-7-11-4-3-9-18-11)13-10-19-14-6-2-1-5-12(13)14/h3-4,9-10H,1-2,5-8H2,(H,16,17). The first kappa shape index (κ1) is 12.5. The van der Waals surface area contributed by atoms with Crippen LogP contribution in [0, 0.1) is 0 Å². The lowest BCUT2D eigenvalue weighted by Gasteiger charge is -2.12. The monoisotopic (exact) mass is 275 g/mol. The van der Waals surface area contributed by atoms with Crippen LogP contribution in [0.1, 0.15) is 39.4 Å². The molecule has 2 aromatic heterocycles. The number of hydrogen-bond acceptors (Lipinski definition) is 3. The average Bonchev–Trinajstić information content (AvgIpc) is 3.07. The molecule has 0 spiro atoms. The molecule has 0 unspecified atom stereocenters. The summed E-state index contributed by atoms with van der Waals surface area (Å²) in [6.07, 6.45) is 7.06. The van der Waals surface area contributed by atoms with E-state index in [9.17, 15) is 4.79 Å². The highest BCUT2D eigenvalue weighted by Crippen LogP contribution is 2.30. The highest BCUT2D eigenvalue weighted by molar-refractivity contribution is 7.10. The van der Waals surface area contributed by atoms with Gasteiger partial charge in [0.25, 0.3) is 5.91 Å². The van der Waals surface area contributed by atoms with Crippen LogP contribution in [0.5, 0.6) is 0 Å². The number of aryl methyl sites for hydroxylation is 1. The van der Waals surface area contributed by atoms with Gasteiger partial charge in [-0.25, -0.2) is 0 Å². The smallest absolute Gasteiger partial charge is 0.252 e. The zero-order chi connectivity index (χ0) is 13.1. The van der Waals surface area contributed by atoms with Crippen LogP contribution in [0.25, 0.3) is 0 Å². The lowest BCUT2D eigenvalue weighted by Crippen LogP contribution is -2.26. The van der Waals surface area contributed by atoms with Crippen LogP contribution in [0.3, 0.4) is 0 Å². The lowest BCUT2D eigenvalue weighted by molar-refractivity contribution is 0.0953. The Morgan fingerprint density at radius 1 is 1.37 bits per heavy atom. The lowest BCUT2D eigenvalue weighted by atomic mass is 9.95. The normalized spacial score (nSPS) is 14.1. The number of thiophene rings is 1. The zero-order valence-electron chi connectivity index (χ0n) is 10.8. The molecule has 0 saturated carbocycles. The van der Waals surface area contributed by atoms with E-state index in [1.807, 2.05) is 17.5 Å². The number of rotatable bonds is 4. The average molecular weight is 275 g/mol. The third kappa shape index (κ3) is 2.73. The molecule has 0 saturated heterocycles. The van der Waals surface area contributed by atoms with E-state index < -0.39 is 0 Å². The highest BCUT2D eigenvalue weighted by atomic mass is 32.1. The first-order valence-corrected chi connectivity index (χ1v) is 7.62. The van der Waals surface area contributed by atoms with E-state index in [1.54, 1.807) is 17.6 Å². The van der Waals surface area contributed by atoms with E-state index in [4.69, 9.17) is 4.42 Å². The Bertz CT molecular complexity index is 557. The fourth-order valence-corrected chi connectivity index (χ4v) is 3.66. The van der Waals surface area contributed by atoms with Gasteiger partial charge < -0.3 is 9.73 Å². The molecule has 100 valence electrons. The molecule has 3 nitrogen and oxygen atoms in total. The molecule has 4 heteroatoms. The Morgan fingerprint density at radius 3 is 3.11 bits per heavy atom. The van der Waals surface area contributed by atoms with Gasteiger partial charge in [0.2, 0.25) is 0 Å². The van der Waals surface area contributed by atoms with Crippen molar-refractivity contribution in [2.24, 2.45) is 0 Å². The predicted molar refractivity (Wildman–Crippen MR) is 75.7 cm³/mol. The van der Waals surface area contributed by atoms with Gasteiger partial charge in [-0.3, -0.25) is 4.79 Å². The fourth-order valence-electron chi connectivity index (χ4n) is 2.53. The van der Waals surface area contributed by atoms with Crippen molar-refractivity contribution in [1.82, 2.24) is 5.32 Å². The molecule has 1 N–H and O–H groups in total. The Kier molecular flexibility index (Phi) is 3.69. The number of fused-ring (bicyclic) bond motifs is 1. The molecule has 0 bridgehead atoms. The summed E-state index contributed by atoms with van der Waals surface area (Å²) in [6, 6.07) is 3.80. The van der Waals surface area contributed by atoms with E-state index in [1.165, 1.54) is 23.3 Å². The van der Waals surface area contributed by atoms with Crippen LogP contribution >= 0.6 is 11.3 Å². The van der Waals surface area contributed by atoms with Crippen molar-refractivity contribution in [3.05, 3.63) is 45.5 Å². The van der Waals surface area contributed by atoms with Gasteiger partial charge in [0, 0.05) is 23.2 Å². The molecule has 1 aliphatic rings. The van der Waals surface area contributed by atoms with Crippen molar-refractivity contribution in [1.29, 1.82) is 0 Å². The van der Waals surface area contributed by atoms with E-state index in [-0.39, 0.29) is 5.91 Å². The Hall–Kier alpha value is -1.55. The van der Waals surface area contributed by atoms with Gasteiger partial charge in [-0.2, -0.15) is 0 Å². The maximum atomic E-state index is 12.2. The molecule has 0 aromatic carbocycles. The molecular formula is C15H17NO2S. The molecule has 0 atom stereocenters. The molecular weight excluding hydrogens is 258 g/mol. The third-order valence-electron chi connectivity index (χ3n) is 3.54. The minimum atomic E-state index is 0.0611. The van der Waals surface area contributed by atoms with Crippen molar-refractivity contribution in [2.75, 3.05) is 6.54 Å². The van der Waals surface area contributed by atoms with E-state index in [0.717, 1.165) is 30.6 Å². The van der Waals surface area contributed by atoms with E-state index >= 15 is 0 Å². The summed E-state index contributed by atoms with van der Waals surface area (Å²) < 4.78 is 5.25. The van der Waals surface area contributed by atoms with Gasteiger partial charge >= 0.3 is 0 Å². The summed E-state index contributed by atoms with van der Waals surface area (Å²) in [5.41, 5.74) is 2.17. The maximum absolute atomic E-state index is 12.2. The van der Waals surface area contributed by atoms with Crippen molar-refractivity contribution < 1.29 is 9.21 Å². The van der Waals surface area contributed by atoms with E-state index in [2.05, 4.69) is 5.32 Å². The van der Waals surface area contributed by atoms with Crippen molar-refractivity contribution in [3.63, 3.8) is 0 Å². The summed E-state index contributed by atoms with van der Waals surface area (Å²) in [5, 5.41) is 4.99. The zero-order valence-corrected chi connectivity index (χ0v) is 11.6.